The van der Waals surface area contributed by atoms with Crippen molar-refractivity contribution >= 4 is 40.3 Å². The van der Waals surface area contributed by atoms with Crippen molar-refractivity contribution in [2.24, 2.45) is 0 Å². The zero-order valence-corrected chi connectivity index (χ0v) is 16.3. The molecule has 0 unspecified atom stereocenters. The molecule has 5 heteroatoms. The van der Waals surface area contributed by atoms with Crippen LogP contribution in [0.5, 0.6) is 0 Å². The summed E-state index contributed by atoms with van der Waals surface area (Å²) in [6, 6.07) is 20.0. The summed E-state index contributed by atoms with van der Waals surface area (Å²) >= 11 is 2.58. The van der Waals surface area contributed by atoms with Gasteiger partial charge in [0.1, 0.15) is 0 Å². The van der Waals surface area contributed by atoms with Gasteiger partial charge in [0.2, 0.25) is 0 Å². The molecule has 1 aromatic heterocycles. The first-order chi connectivity index (χ1) is 13.1. The van der Waals surface area contributed by atoms with E-state index < -0.39 is 0 Å². The Hall–Kier alpha value is -2.63. The average Bonchev–Trinajstić information content (AvgIpc) is 3.24. The molecule has 0 N–H and O–H groups in total. The van der Waals surface area contributed by atoms with Crippen LogP contribution in [0, 0.1) is 6.92 Å². The van der Waals surface area contributed by atoms with E-state index in [4.69, 9.17) is 0 Å². The Balaban J connectivity index is 1.53. The first-order valence-electron chi connectivity index (χ1n) is 8.55. The molecule has 3 nitrogen and oxygen atoms in total. The van der Waals surface area contributed by atoms with Crippen molar-refractivity contribution in [3.8, 4) is 11.1 Å². The summed E-state index contributed by atoms with van der Waals surface area (Å²) < 4.78 is 0. The minimum atomic E-state index is -0.223. The SMILES string of the molecule is Cc1ccc(-c2csc(/C=C3\SC(=O)N(Cc4ccccc4)C3=O)c2)cc1. The summed E-state index contributed by atoms with van der Waals surface area (Å²) in [6.45, 7) is 2.37. The van der Waals surface area contributed by atoms with Gasteiger partial charge in [0, 0.05) is 4.88 Å². The second kappa shape index (κ2) is 7.55. The molecule has 2 heterocycles. The summed E-state index contributed by atoms with van der Waals surface area (Å²) in [5.41, 5.74) is 4.43. The van der Waals surface area contributed by atoms with Gasteiger partial charge in [-0.3, -0.25) is 14.5 Å². The van der Waals surface area contributed by atoms with E-state index in [1.54, 1.807) is 11.3 Å². The molecule has 0 aliphatic carbocycles. The average molecular weight is 392 g/mol. The van der Waals surface area contributed by atoms with E-state index >= 15 is 0 Å². The lowest BCUT2D eigenvalue weighted by atomic mass is 10.1. The molecule has 27 heavy (non-hydrogen) atoms. The van der Waals surface area contributed by atoms with Gasteiger partial charge in [-0.2, -0.15) is 0 Å². The summed E-state index contributed by atoms with van der Waals surface area (Å²) in [6.07, 6.45) is 1.82. The van der Waals surface area contributed by atoms with Crippen molar-refractivity contribution in [2.45, 2.75) is 13.5 Å². The van der Waals surface area contributed by atoms with Gasteiger partial charge < -0.3 is 0 Å². The van der Waals surface area contributed by atoms with E-state index in [1.807, 2.05) is 36.4 Å². The van der Waals surface area contributed by atoms with Gasteiger partial charge >= 0.3 is 0 Å². The van der Waals surface area contributed by atoms with Gasteiger partial charge in [0.05, 0.1) is 11.4 Å². The predicted octanol–water partition coefficient (Wildman–Crippen LogP) is 5.96. The van der Waals surface area contributed by atoms with Gasteiger partial charge in [-0.25, -0.2) is 0 Å². The quantitative estimate of drug-likeness (QED) is 0.515. The molecular weight excluding hydrogens is 374 g/mol. The Morgan fingerprint density at radius 3 is 2.44 bits per heavy atom. The Bertz CT molecular complexity index is 1020. The smallest absolute Gasteiger partial charge is 0.268 e. The Morgan fingerprint density at radius 1 is 0.963 bits per heavy atom. The van der Waals surface area contributed by atoms with Crippen molar-refractivity contribution in [1.82, 2.24) is 4.90 Å². The fourth-order valence-electron chi connectivity index (χ4n) is 2.86. The third kappa shape index (κ3) is 3.89. The van der Waals surface area contributed by atoms with Crippen LogP contribution in [0.3, 0.4) is 0 Å². The van der Waals surface area contributed by atoms with E-state index in [0.717, 1.165) is 33.3 Å². The molecule has 1 fully saturated rings. The lowest BCUT2D eigenvalue weighted by Gasteiger charge is -2.11. The monoisotopic (exact) mass is 391 g/mol. The molecule has 1 aliphatic rings. The molecule has 4 rings (SSSR count). The van der Waals surface area contributed by atoms with Crippen molar-refractivity contribution < 1.29 is 9.59 Å². The number of aryl methyl sites for hydroxylation is 1. The number of carbonyl (C=O) groups excluding carboxylic acids is 2. The second-order valence-electron chi connectivity index (χ2n) is 6.36. The number of thiophene rings is 1. The number of carbonyl (C=O) groups is 2. The van der Waals surface area contributed by atoms with Gasteiger partial charge in [0.25, 0.3) is 11.1 Å². The van der Waals surface area contributed by atoms with Crippen LogP contribution in [0.1, 0.15) is 16.0 Å². The van der Waals surface area contributed by atoms with Crippen LogP contribution in [-0.4, -0.2) is 16.0 Å². The van der Waals surface area contributed by atoms with Gasteiger partial charge in [0.15, 0.2) is 0 Å². The van der Waals surface area contributed by atoms with Crippen LogP contribution in [0.25, 0.3) is 17.2 Å². The highest BCUT2D eigenvalue weighted by Crippen LogP contribution is 2.35. The molecule has 1 saturated heterocycles. The van der Waals surface area contributed by atoms with Gasteiger partial charge in [-0.15, -0.1) is 11.3 Å². The normalized spacial score (nSPS) is 15.7. The number of rotatable bonds is 4. The number of nitrogens with zero attached hydrogens (tertiary/aromatic N) is 1. The summed E-state index contributed by atoms with van der Waals surface area (Å²) in [5, 5.41) is 1.86. The Labute approximate surface area is 166 Å². The van der Waals surface area contributed by atoms with Crippen LogP contribution in [0.4, 0.5) is 4.79 Å². The van der Waals surface area contributed by atoms with E-state index in [0.29, 0.717) is 11.4 Å². The highest BCUT2D eigenvalue weighted by molar-refractivity contribution is 8.18. The Kier molecular flexibility index (Phi) is 4.97. The first kappa shape index (κ1) is 17.8. The van der Waals surface area contributed by atoms with Crippen molar-refractivity contribution in [3.63, 3.8) is 0 Å². The third-order valence-electron chi connectivity index (χ3n) is 4.34. The minimum absolute atomic E-state index is 0.217. The van der Waals surface area contributed by atoms with Gasteiger partial charge in [-0.05, 0) is 52.9 Å². The van der Waals surface area contributed by atoms with E-state index in [9.17, 15) is 9.59 Å². The zero-order valence-electron chi connectivity index (χ0n) is 14.7. The number of benzene rings is 2. The molecule has 1 aliphatic heterocycles. The molecule has 0 spiro atoms. The van der Waals surface area contributed by atoms with Gasteiger partial charge in [-0.1, -0.05) is 60.2 Å². The molecule has 0 saturated carbocycles. The number of hydrogen-bond donors (Lipinski definition) is 0. The highest BCUT2D eigenvalue weighted by Gasteiger charge is 2.35. The molecule has 2 amide bonds. The number of thioether (sulfide) groups is 1. The van der Waals surface area contributed by atoms with Crippen LogP contribution in [0.15, 0.2) is 70.9 Å². The molecule has 2 aromatic carbocycles. The maximum atomic E-state index is 12.7. The minimum Gasteiger partial charge on any atom is -0.268 e. The molecular formula is C22H17NO2S2. The maximum Gasteiger partial charge on any atom is 0.293 e. The largest absolute Gasteiger partial charge is 0.293 e. The van der Waals surface area contributed by atoms with E-state index in [2.05, 4.69) is 42.6 Å². The maximum absolute atomic E-state index is 12.7. The van der Waals surface area contributed by atoms with Crippen molar-refractivity contribution in [1.29, 1.82) is 0 Å². The van der Waals surface area contributed by atoms with Crippen LogP contribution in [-0.2, 0) is 11.3 Å². The van der Waals surface area contributed by atoms with E-state index in [-0.39, 0.29) is 11.1 Å². The lowest BCUT2D eigenvalue weighted by molar-refractivity contribution is -0.123. The molecule has 0 bridgehead atoms. The molecule has 0 atom stereocenters. The summed E-state index contributed by atoms with van der Waals surface area (Å²) in [7, 11) is 0. The molecule has 0 radical (unpaired) electrons. The summed E-state index contributed by atoms with van der Waals surface area (Å²) in [5.74, 6) is -0.223. The first-order valence-corrected chi connectivity index (χ1v) is 10.2. The fraction of sp³-hybridized carbons (Fsp3) is 0.0909. The summed E-state index contributed by atoms with van der Waals surface area (Å²) in [4.78, 5) is 27.7. The molecule has 134 valence electrons. The molecule has 3 aromatic rings. The number of amides is 2. The fourth-order valence-corrected chi connectivity index (χ4v) is 4.61. The Morgan fingerprint density at radius 2 is 1.70 bits per heavy atom. The van der Waals surface area contributed by atoms with E-state index in [1.165, 1.54) is 10.5 Å². The number of imide groups is 1. The van der Waals surface area contributed by atoms with Crippen LogP contribution < -0.4 is 0 Å². The standard InChI is InChI=1S/C22H17NO2S2/c1-15-7-9-17(10-8-15)18-11-19(26-14-18)12-20-21(24)23(22(25)27-20)13-16-5-3-2-4-6-16/h2-12,14H,13H2,1H3/b20-12-. The second-order valence-corrected chi connectivity index (χ2v) is 8.29. The predicted molar refractivity (Wildman–Crippen MR) is 112 cm³/mol. The lowest BCUT2D eigenvalue weighted by Crippen LogP contribution is -2.27. The third-order valence-corrected chi connectivity index (χ3v) is 6.12. The highest BCUT2D eigenvalue weighted by atomic mass is 32.2. The van der Waals surface area contributed by atoms with Crippen LogP contribution in [0.2, 0.25) is 0 Å². The van der Waals surface area contributed by atoms with Crippen molar-refractivity contribution in [2.75, 3.05) is 0 Å². The van der Waals surface area contributed by atoms with Crippen molar-refractivity contribution in [3.05, 3.63) is 87.0 Å². The zero-order chi connectivity index (χ0) is 18.8. The topological polar surface area (TPSA) is 37.4 Å². The number of hydrogen-bond acceptors (Lipinski definition) is 4. The van der Waals surface area contributed by atoms with Crippen LogP contribution >= 0.6 is 23.1 Å².